The van der Waals surface area contributed by atoms with Crippen LogP contribution in [-0.4, -0.2) is 13.4 Å². The molecule has 28 heavy (non-hydrogen) atoms. The summed E-state index contributed by atoms with van der Waals surface area (Å²) in [5, 5.41) is 2.25. The van der Waals surface area contributed by atoms with E-state index in [1.807, 2.05) is 105 Å². The quantitative estimate of drug-likeness (QED) is 0.291. The zero-order chi connectivity index (χ0) is 19.6. The van der Waals surface area contributed by atoms with Gasteiger partial charge in [0.15, 0.2) is 0 Å². The van der Waals surface area contributed by atoms with Crippen molar-refractivity contribution in [3.8, 4) is 11.3 Å². The monoisotopic (exact) mass is 383 g/mol. The van der Waals surface area contributed by atoms with Gasteiger partial charge < -0.3 is 0 Å². The first-order valence-electron chi connectivity index (χ1n) is 9.43. The maximum absolute atomic E-state index is 17.3. The number of halogens is 1. The second-order valence-corrected chi connectivity index (χ2v) is 10.2. The minimum atomic E-state index is -3.69. The molecule has 4 rings (SSSR count). The lowest BCUT2D eigenvalue weighted by molar-refractivity contribution is 0.842. The standard InChI is InChI=1S/C25H22FNSi/c1-19-10-14-21(15-11-19)28(26,22-16-12-20(2)13-17-22)25-9-4-3-7-23(25)24-8-5-6-18-27-24/h3-18H,1-2H3. The number of benzene rings is 3. The van der Waals surface area contributed by atoms with Gasteiger partial charge in [-0.2, -0.15) is 0 Å². The van der Waals surface area contributed by atoms with Crippen molar-refractivity contribution in [2.75, 3.05) is 0 Å². The molecule has 0 spiro atoms. The Morgan fingerprint density at radius 2 is 1.18 bits per heavy atom. The van der Waals surface area contributed by atoms with Crippen molar-refractivity contribution in [3.63, 3.8) is 0 Å². The fourth-order valence-corrected chi connectivity index (χ4v) is 6.69. The number of hydrogen-bond acceptors (Lipinski definition) is 1. The van der Waals surface area contributed by atoms with Crippen LogP contribution in [0.5, 0.6) is 0 Å². The van der Waals surface area contributed by atoms with E-state index in [1.165, 1.54) is 0 Å². The van der Waals surface area contributed by atoms with Crippen LogP contribution in [0.25, 0.3) is 11.3 Å². The number of aromatic nitrogens is 1. The van der Waals surface area contributed by atoms with E-state index < -0.39 is 8.41 Å². The summed E-state index contributed by atoms with van der Waals surface area (Å²) >= 11 is 0. The topological polar surface area (TPSA) is 12.9 Å². The molecule has 0 aliphatic heterocycles. The van der Waals surface area contributed by atoms with E-state index in [1.54, 1.807) is 6.20 Å². The Bertz CT molecular complexity index is 1030. The molecule has 0 unspecified atom stereocenters. The minimum Gasteiger partial charge on any atom is -0.296 e. The van der Waals surface area contributed by atoms with Gasteiger partial charge in [0.2, 0.25) is 0 Å². The van der Waals surface area contributed by atoms with Crippen LogP contribution >= 0.6 is 0 Å². The van der Waals surface area contributed by atoms with E-state index in [2.05, 4.69) is 4.98 Å². The lowest BCUT2D eigenvalue weighted by Gasteiger charge is -2.26. The lowest BCUT2D eigenvalue weighted by Crippen LogP contribution is -2.64. The van der Waals surface area contributed by atoms with Crippen LogP contribution in [0.4, 0.5) is 4.11 Å². The van der Waals surface area contributed by atoms with Gasteiger partial charge in [0, 0.05) is 11.8 Å². The second-order valence-electron chi connectivity index (χ2n) is 7.15. The van der Waals surface area contributed by atoms with E-state index in [4.69, 9.17) is 0 Å². The molecule has 0 saturated carbocycles. The molecule has 1 aromatic heterocycles. The maximum Gasteiger partial charge on any atom is 0.340 e. The van der Waals surface area contributed by atoms with Crippen LogP contribution < -0.4 is 15.6 Å². The van der Waals surface area contributed by atoms with Crippen molar-refractivity contribution in [3.05, 3.63) is 108 Å². The molecule has 0 N–H and O–H groups in total. The molecule has 0 radical (unpaired) electrons. The highest BCUT2D eigenvalue weighted by Gasteiger charge is 2.43. The highest BCUT2D eigenvalue weighted by atomic mass is 28.4. The Kier molecular flexibility index (Phi) is 4.93. The Labute approximate surface area is 166 Å². The number of aryl methyl sites for hydroxylation is 2. The van der Waals surface area contributed by atoms with Gasteiger partial charge in [-0.25, -0.2) is 0 Å². The Balaban J connectivity index is 2.00. The van der Waals surface area contributed by atoms with E-state index >= 15 is 4.11 Å². The zero-order valence-electron chi connectivity index (χ0n) is 16.1. The summed E-state index contributed by atoms with van der Waals surface area (Å²) in [6.07, 6.45) is 1.76. The first-order chi connectivity index (χ1) is 13.6. The van der Waals surface area contributed by atoms with Crippen molar-refractivity contribution in [2.24, 2.45) is 0 Å². The Hall–Kier alpha value is -3.04. The van der Waals surface area contributed by atoms with Gasteiger partial charge >= 0.3 is 8.41 Å². The van der Waals surface area contributed by atoms with Crippen molar-refractivity contribution in [1.29, 1.82) is 0 Å². The molecule has 0 saturated heterocycles. The number of rotatable bonds is 4. The van der Waals surface area contributed by atoms with Gasteiger partial charge in [-0.05, 0) is 41.5 Å². The van der Waals surface area contributed by atoms with Gasteiger partial charge in [0.05, 0.1) is 5.69 Å². The van der Waals surface area contributed by atoms with E-state index in [9.17, 15) is 0 Å². The third kappa shape index (κ3) is 3.29. The predicted octanol–water partition coefficient (Wildman–Crippen LogP) is 4.30. The van der Waals surface area contributed by atoms with Crippen LogP contribution in [0.2, 0.25) is 0 Å². The molecule has 4 aromatic rings. The molecule has 0 fully saturated rings. The highest BCUT2D eigenvalue weighted by Crippen LogP contribution is 2.20. The first-order valence-corrected chi connectivity index (χ1v) is 11.3. The van der Waals surface area contributed by atoms with Crippen molar-refractivity contribution in [1.82, 2.24) is 4.98 Å². The van der Waals surface area contributed by atoms with E-state index in [0.717, 1.165) is 37.9 Å². The van der Waals surface area contributed by atoms with Crippen molar-refractivity contribution < 1.29 is 4.11 Å². The largest absolute Gasteiger partial charge is 0.340 e. The van der Waals surface area contributed by atoms with Gasteiger partial charge in [0.1, 0.15) is 0 Å². The van der Waals surface area contributed by atoms with Crippen LogP contribution in [0.15, 0.2) is 97.2 Å². The molecule has 3 aromatic carbocycles. The third-order valence-electron chi connectivity index (χ3n) is 5.14. The van der Waals surface area contributed by atoms with Gasteiger partial charge in [-0.1, -0.05) is 90.0 Å². The average Bonchev–Trinajstić information content (AvgIpc) is 2.75. The second kappa shape index (κ2) is 7.53. The van der Waals surface area contributed by atoms with Crippen LogP contribution in [0.1, 0.15) is 11.1 Å². The molecule has 0 aliphatic rings. The third-order valence-corrected chi connectivity index (χ3v) is 8.57. The Morgan fingerprint density at radius 1 is 0.643 bits per heavy atom. The summed E-state index contributed by atoms with van der Waals surface area (Å²) in [6.45, 7) is 4.05. The lowest BCUT2D eigenvalue weighted by atomic mass is 10.1. The summed E-state index contributed by atoms with van der Waals surface area (Å²) in [5.41, 5.74) is 3.91. The zero-order valence-corrected chi connectivity index (χ0v) is 17.1. The van der Waals surface area contributed by atoms with Crippen molar-refractivity contribution >= 4 is 24.0 Å². The number of hydrogen-bond donors (Lipinski definition) is 0. The molecule has 1 heterocycles. The number of pyridine rings is 1. The average molecular weight is 384 g/mol. The summed E-state index contributed by atoms with van der Waals surface area (Å²) in [6, 6.07) is 29.3. The molecule has 3 heteroatoms. The van der Waals surface area contributed by atoms with Crippen LogP contribution in [0.3, 0.4) is 0 Å². The van der Waals surface area contributed by atoms with Gasteiger partial charge in [-0.3, -0.25) is 9.09 Å². The predicted molar refractivity (Wildman–Crippen MR) is 118 cm³/mol. The highest BCUT2D eigenvalue weighted by molar-refractivity contribution is 7.07. The number of nitrogens with zero attached hydrogens (tertiary/aromatic N) is 1. The molecular weight excluding hydrogens is 361 g/mol. The molecule has 0 amide bonds. The smallest absolute Gasteiger partial charge is 0.296 e. The fraction of sp³-hybridized carbons (Fsp3) is 0.0800. The molecule has 0 bridgehead atoms. The summed E-state index contributed by atoms with van der Waals surface area (Å²) in [5.74, 6) is 0. The fourth-order valence-electron chi connectivity index (χ4n) is 3.57. The normalized spacial score (nSPS) is 11.4. The summed E-state index contributed by atoms with van der Waals surface area (Å²) in [7, 11) is -3.69. The maximum atomic E-state index is 17.3. The Morgan fingerprint density at radius 3 is 1.71 bits per heavy atom. The van der Waals surface area contributed by atoms with Crippen molar-refractivity contribution in [2.45, 2.75) is 13.8 Å². The van der Waals surface area contributed by atoms with E-state index in [0.29, 0.717) is 0 Å². The van der Waals surface area contributed by atoms with E-state index in [-0.39, 0.29) is 0 Å². The molecule has 138 valence electrons. The van der Waals surface area contributed by atoms with Crippen LogP contribution in [-0.2, 0) is 0 Å². The minimum absolute atomic E-state index is 0.737. The van der Waals surface area contributed by atoms with Gasteiger partial charge in [-0.15, -0.1) is 0 Å². The first kappa shape index (κ1) is 18.3. The molecule has 1 nitrogen and oxygen atoms in total. The molecule has 0 aliphatic carbocycles. The van der Waals surface area contributed by atoms with Gasteiger partial charge in [0.25, 0.3) is 0 Å². The molecule has 0 atom stereocenters. The summed E-state index contributed by atoms with van der Waals surface area (Å²) in [4.78, 5) is 4.49. The SMILES string of the molecule is Cc1ccc([Si](F)(c2ccc(C)cc2)c2ccccc2-c2ccccn2)cc1. The molecular formula is C25H22FNSi. The summed E-state index contributed by atoms with van der Waals surface area (Å²) < 4.78 is 17.3. The van der Waals surface area contributed by atoms with Crippen LogP contribution in [0, 0.1) is 13.8 Å².